The number of phenols is 2. The SMILES string of the molecule is O=C(CC=CCCc1ccc(O)cc1)CC=CCCc1ccc(O)cc1. The standard InChI is InChI=1S/C23H26O3/c24-21(9-5-1-3-7-19-11-15-22(25)16-12-19)10-6-2-4-8-20-13-17-23(26)18-14-20/h1-2,5-6,11-18,25-26H,3-4,7-10H2. The second-order valence-electron chi connectivity index (χ2n) is 6.30. The fourth-order valence-electron chi connectivity index (χ4n) is 2.57. The average Bonchev–Trinajstić information content (AvgIpc) is 2.64. The third kappa shape index (κ3) is 7.84. The molecule has 0 aliphatic rings. The van der Waals surface area contributed by atoms with Gasteiger partial charge in [-0.25, -0.2) is 0 Å². The first-order chi connectivity index (χ1) is 12.6. The number of rotatable bonds is 10. The zero-order valence-electron chi connectivity index (χ0n) is 15.0. The van der Waals surface area contributed by atoms with E-state index in [-0.39, 0.29) is 17.3 Å². The predicted molar refractivity (Wildman–Crippen MR) is 105 cm³/mol. The summed E-state index contributed by atoms with van der Waals surface area (Å²) in [5.41, 5.74) is 2.35. The highest BCUT2D eigenvalue weighted by atomic mass is 16.3. The van der Waals surface area contributed by atoms with Crippen molar-refractivity contribution in [2.24, 2.45) is 0 Å². The third-order valence-corrected chi connectivity index (χ3v) is 4.10. The molecule has 2 aromatic rings. The second kappa shape index (κ2) is 10.9. The van der Waals surface area contributed by atoms with E-state index in [0.29, 0.717) is 12.8 Å². The van der Waals surface area contributed by atoms with Gasteiger partial charge in [-0.15, -0.1) is 0 Å². The largest absolute Gasteiger partial charge is 0.508 e. The molecule has 0 saturated heterocycles. The number of ketones is 1. The van der Waals surface area contributed by atoms with E-state index in [1.807, 2.05) is 48.6 Å². The van der Waals surface area contributed by atoms with E-state index in [0.717, 1.165) is 25.7 Å². The molecule has 26 heavy (non-hydrogen) atoms. The Kier molecular flexibility index (Phi) is 8.20. The monoisotopic (exact) mass is 350 g/mol. The molecule has 2 N–H and O–H groups in total. The van der Waals surface area contributed by atoms with E-state index >= 15 is 0 Å². The summed E-state index contributed by atoms with van der Waals surface area (Å²) in [6.07, 6.45) is 12.5. The molecule has 3 nitrogen and oxygen atoms in total. The van der Waals surface area contributed by atoms with E-state index in [2.05, 4.69) is 0 Å². The van der Waals surface area contributed by atoms with Crippen LogP contribution in [0.3, 0.4) is 0 Å². The van der Waals surface area contributed by atoms with E-state index in [1.54, 1.807) is 24.3 Å². The summed E-state index contributed by atoms with van der Waals surface area (Å²) >= 11 is 0. The molecule has 0 unspecified atom stereocenters. The number of allylic oxidation sites excluding steroid dienone is 4. The molecule has 0 saturated carbocycles. The summed E-state index contributed by atoms with van der Waals surface area (Å²) < 4.78 is 0. The highest BCUT2D eigenvalue weighted by molar-refractivity contribution is 5.81. The maximum atomic E-state index is 11.8. The van der Waals surface area contributed by atoms with Gasteiger partial charge in [-0.3, -0.25) is 4.79 Å². The van der Waals surface area contributed by atoms with Gasteiger partial charge in [0.25, 0.3) is 0 Å². The molecule has 0 aromatic heterocycles. The molecule has 3 heteroatoms. The van der Waals surface area contributed by atoms with Crippen LogP contribution in [0.4, 0.5) is 0 Å². The smallest absolute Gasteiger partial charge is 0.140 e. The van der Waals surface area contributed by atoms with Gasteiger partial charge in [-0.1, -0.05) is 48.6 Å². The van der Waals surface area contributed by atoms with Crippen LogP contribution in [0.5, 0.6) is 11.5 Å². The molecule has 0 radical (unpaired) electrons. The number of Topliss-reactive ketones (excluding diaryl/α,β-unsaturated/α-hetero) is 1. The molecule has 136 valence electrons. The number of hydrogen-bond donors (Lipinski definition) is 2. The van der Waals surface area contributed by atoms with Crippen molar-refractivity contribution in [2.45, 2.75) is 38.5 Å². The first-order valence-electron chi connectivity index (χ1n) is 9.01. The molecular weight excluding hydrogens is 324 g/mol. The molecule has 2 rings (SSSR count). The topological polar surface area (TPSA) is 57.5 Å². The minimum absolute atomic E-state index is 0.215. The summed E-state index contributed by atoms with van der Waals surface area (Å²) in [4.78, 5) is 11.8. The van der Waals surface area contributed by atoms with Gasteiger partial charge in [0.2, 0.25) is 0 Å². The second-order valence-corrected chi connectivity index (χ2v) is 6.30. The Labute approximate surface area is 155 Å². The van der Waals surface area contributed by atoms with Gasteiger partial charge in [0.15, 0.2) is 0 Å². The van der Waals surface area contributed by atoms with Crippen LogP contribution in [0, 0.1) is 0 Å². The van der Waals surface area contributed by atoms with Gasteiger partial charge >= 0.3 is 0 Å². The average molecular weight is 350 g/mol. The number of carbonyl (C=O) groups excluding carboxylic acids is 1. The molecule has 0 aliphatic heterocycles. The molecule has 0 aliphatic carbocycles. The quantitative estimate of drug-likeness (QED) is 0.584. The number of aromatic hydroxyl groups is 2. The van der Waals surface area contributed by atoms with E-state index < -0.39 is 0 Å². The highest BCUT2D eigenvalue weighted by Crippen LogP contribution is 2.12. The lowest BCUT2D eigenvalue weighted by atomic mass is 10.1. The van der Waals surface area contributed by atoms with E-state index in [1.165, 1.54) is 11.1 Å². The lowest BCUT2D eigenvalue weighted by molar-refractivity contribution is -0.117. The van der Waals surface area contributed by atoms with Crippen LogP contribution in [0.25, 0.3) is 0 Å². The molecule has 0 amide bonds. The maximum absolute atomic E-state index is 11.8. The van der Waals surface area contributed by atoms with Crippen LogP contribution < -0.4 is 0 Å². The zero-order valence-corrected chi connectivity index (χ0v) is 15.0. The number of benzene rings is 2. The lowest BCUT2D eigenvalue weighted by Gasteiger charge is -1.98. The maximum Gasteiger partial charge on any atom is 0.140 e. The summed E-state index contributed by atoms with van der Waals surface area (Å²) in [6.45, 7) is 0. The molecule has 0 bridgehead atoms. The number of hydrogen-bond acceptors (Lipinski definition) is 3. The normalized spacial score (nSPS) is 11.4. The fourth-order valence-corrected chi connectivity index (χ4v) is 2.57. The first-order valence-corrected chi connectivity index (χ1v) is 9.01. The molecule has 0 fully saturated rings. The minimum atomic E-state index is 0.215. The van der Waals surface area contributed by atoms with Crippen molar-refractivity contribution in [3.63, 3.8) is 0 Å². The lowest BCUT2D eigenvalue weighted by Crippen LogP contribution is -1.92. The van der Waals surface area contributed by atoms with Crippen LogP contribution in [0.15, 0.2) is 72.8 Å². The van der Waals surface area contributed by atoms with Crippen molar-refractivity contribution in [3.05, 3.63) is 84.0 Å². The fraction of sp³-hybridized carbons (Fsp3) is 0.261. The Balaban J connectivity index is 1.56. The van der Waals surface area contributed by atoms with Crippen molar-refractivity contribution in [2.75, 3.05) is 0 Å². The van der Waals surface area contributed by atoms with Gasteiger partial charge in [0.05, 0.1) is 0 Å². The van der Waals surface area contributed by atoms with Crippen molar-refractivity contribution in [3.8, 4) is 11.5 Å². The van der Waals surface area contributed by atoms with Gasteiger partial charge < -0.3 is 10.2 Å². The van der Waals surface area contributed by atoms with Crippen LogP contribution in [0.2, 0.25) is 0 Å². The summed E-state index contributed by atoms with van der Waals surface area (Å²) in [5, 5.41) is 18.5. The van der Waals surface area contributed by atoms with E-state index in [4.69, 9.17) is 0 Å². The third-order valence-electron chi connectivity index (χ3n) is 4.10. The van der Waals surface area contributed by atoms with Crippen molar-refractivity contribution in [1.82, 2.24) is 0 Å². The van der Waals surface area contributed by atoms with Crippen LogP contribution in [-0.2, 0) is 17.6 Å². The molecule has 0 heterocycles. The Bertz CT molecular complexity index is 662. The van der Waals surface area contributed by atoms with Crippen LogP contribution in [0.1, 0.15) is 36.8 Å². The Morgan fingerprint density at radius 1 is 0.654 bits per heavy atom. The highest BCUT2D eigenvalue weighted by Gasteiger charge is 1.96. The number of carbonyl (C=O) groups is 1. The van der Waals surface area contributed by atoms with Gasteiger partial charge in [0.1, 0.15) is 17.3 Å². The number of aryl methyl sites for hydroxylation is 2. The van der Waals surface area contributed by atoms with Gasteiger partial charge in [-0.2, -0.15) is 0 Å². The van der Waals surface area contributed by atoms with Gasteiger partial charge in [-0.05, 0) is 61.1 Å². The molecule has 2 aromatic carbocycles. The summed E-state index contributed by atoms with van der Waals surface area (Å²) in [6, 6.07) is 14.4. The van der Waals surface area contributed by atoms with Crippen LogP contribution >= 0.6 is 0 Å². The van der Waals surface area contributed by atoms with Crippen molar-refractivity contribution >= 4 is 5.78 Å². The van der Waals surface area contributed by atoms with Gasteiger partial charge in [0, 0.05) is 12.8 Å². The number of phenolic OH excluding ortho intramolecular Hbond substituents is 2. The zero-order chi connectivity index (χ0) is 18.6. The van der Waals surface area contributed by atoms with Crippen LogP contribution in [-0.4, -0.2) is 16.0 Å². The Morgan fingerprint density at radius 3 is 1.42 bits per heavy atom. The van der Waals surface area contributed by atoms with Crippen molar-refractivity contribution < 1.29 is 15.0 Å². The van der Waals surface area contributed by atoms with E-state index in [9.17, 15) is 15.0 Å². The molecular formula is C23H26O3. The predicted octanol–water partition coefficient (Wildman–Crippen LogP) is 5.12. The molecule has 0 atom stereocenters. The Hall–Kier alpha value is -2.81. The Morgan fingerprint density at radius 2 is 1.04 bits per heavy atom. The summed E-state index contributed by atoms with van der Waals surface area (Å²) in [7, 11) is 0. The minimum Gasteiger partial charge on any atom is -0.508 e. The molecule has 0 spiro atoms. The summed E-state index contributed by atoms with van der Waals surface area (Å²) in [5.74, 6) is 0.781. The van der Waals surface area contributed by atoms with Crippen molar-refractivity contribution in [1.29, 1.82) is 0 Å². The first kappa shape index (κ1) is 19.5.